The Balaban J connectivity index is 1.63. The number of piperazine rings is 1. The van der Waals surface area contributed by atoms with Crippen LogP contribution < -0.4 is 19.9 Å². The molecule has 2 aromatic rings. The molecule has 4 rings (SSSR count). The smallest absolute Gasteiger partial charge is 0.229 e. The second-order valence-corrected chi connectivity index (χ2v) is 8.46. The fourth-order valence-electron chi connectivity index (χ4n) is 4.08. The van der Waals surface area contributed by atoms with E-state index in [2.05, 4.69) is 55.7 Å². The van der Waals surface area contributed by atoms with Gasteiger partial charge >= 0.3 is 0 Å². The SMILES string of the molecule is C=CCc1cc(Nc2ncc(Cl)c(N3CCOCC3)n2)c(OC)cc1N1CCN(C)CC1. The van der Waals surface area contributed by atoms with Gasteiger partial charge in [-0.1, -0.05) is 17.7 Å². The molecule has 0 amide bonds. The van der Waals surface area contributed by atoms with E-state index in [9.17, 15) is 0 Å². The Morgan fingerprint density at radius 3 is 2.59 bits per heavy atom. The first kappa shape index (κ1) is 22.6. The van der Waals surface area contributed by atoms with Gasteiger partial charge in [-0.25, -0.2) is 4.98 Å². The average Bonchev–Trinajstić information content (AvgIpc) is 2.82. The van der Waals surface area contributed by atoms with Gasteiger partial charge in [0.15, 0.2) is 5.82 Å². The molecule has 8 nitrogen and oxygen atoms in total. The summed E-state index contributed by atoms with van der Waals surface area (Å²) in [6, 6.07) is 4.21. The van der Waals surface area contributed by atoms with Gasteiger partial charge in [0.1, 0.15) is 10.8 Å². The van der Waals surface area contributed by atoms with E-state index >= 15 is 0 Å². The molecule has 0 spiro atoms. The van der Waals surface area contributed by atoms with Crippen molar-refractivity contribution in [3.05, 3.63) is 41.6 Å². The number of methoxy groups -OCH3 is 1. The Hall–Kier alpha value is -2.55. The zero-order chi connectivity index (χ0) is 22.5. The molecule has 1 aromatic carbocycles. The third kappa shape index (κ3) is 5.09. The molecule has 2 saturated heterocycles. The molecule has 1 N–H and O–H groups in total. The summed E-state index contributed by atoms with van der Waals surface area (Å²) in [5, 5.41) is 3.87. The third-order valence-electron chi connectivity index (χ3n) is 5.89. The highest BCUT2D eigenvalue weighted by Crippen LogP contribution is 2.36. The fraction of sp³-hybridized carbons (Fsp3) is 0.478. The molecule has 9 heteroatoms. The van der Waals surface area contributed by atoms with E-state index < -0.39 is 0 Å². The number of anilines is 4. The van der Waals surface area contributed by atoms with Crippen molar-refractivity contribution in [2.24, 2.45) is 0 Å². The molecule has 2 aliphatic heterocycles. The molecule has 2 aliphatic rings. The lowest BCUT2D eigenvalue weighted by molar-refractivity contribution is 0.122. The number of ether oxygens (including phenoxy) is 2. The number of halogens is 1. The van der Waals surface area contributed by atoms with Crippen LogP contribution in [0.25, 0.3) is 0 Å². The average molecular weight is 459 g/mol. The highest BCUT2D eigenvalue weighted by molar-refractivity contribution is 6.32. The van der Waals surface area contributed by atoms with Crippen LogP contribution in [0.4, 0.5) is 23.1 Å². The van der Waals surface area contributed by atoms with Crippen LogP contribution in [0.2, 0.25) is 5.02 Å². The van der Waals surface area contributed by atoms with Crippen LogP contribution in [0.15, 0.2) is 31.0 Å². The lowest BCUT2D eigenvalue weighted by atomic mass is 10.1. The quantitative estimate of drug-likeness (QED) is 0.634. The summed E-state index contributed by atoms with van der Waals surface area (Å²) in [7, 11) is 3.84. The fourth-order valence-corrected chi connectivity index (χ4v) is 4.29. The second-order valence-electron chi connectivity index (χ2n) is 8.05. The van der Waals surface area contributed by atoms with Crippen LogP contribution in [0, 0.1) is 0 Å². The lowest BCUT2D eigenvalue weighted by Gasteiger charge is -2.35. The molecule has 0 aliphatic carbocycles. The maximum atomic E-state index is 6.39. The Kier molecular flexibility index (Phi) is 7.34. The molecule has 0 saturated carbocycles. The van der Waals surface area contributed by atoms with Gasteiger partial charge < -0.3 is 29.5 Å². The highest BCUT2D eigenvalue weighted by atomic mass is 35.5. The molecule has 2 fully saturated rings. The minimum absolute atomic E-state index is 0.478. The largest absolute Gasteiger partial charge is 0.494 e. The minimum atomic E-state index is 0.478. The summed E-state index contributed by atoms with van der Waals surface area (Å²) in [4.78, 5) is 16.0. The van der Waals surface area contributed by atoms with E-state index in [1.54, 1.807) is 13.3 Å². The maximum Gasteiger partial charge on any atom is 0.229 e. The van der Waals surface area contributed by atoms with Crippen LogP contribution in [-0.4, -0.2) is 81.5 Å². The monoisotopic (exact) mass is 458 g/mol. The number of likely N-dealkylation sites (N-methyl/N-ethyl adjacent to an activating group) is 1. The van der Waals surface area contributed by atoms with Crippen molar-refractivity contribution < 1.29 is 9.47 Å². The summed E-state index contributed by atoms with van der Waals surface area (Å²) in [6.45, 7) is 10.8. The van der Waals surface area contributed by atoms with Crippen molar-refractivity contribution in [1.29, 1.82) is 0 Å². The summed E-state index contributed by atoms with van der Waals surface area (Å²) in [6.07, 6.45) is 4.33. The number of hydrogen-bond donors (Lipinski definition) is 1. The molecule has 0 radical (unpaired) electrons. The predicted octanol–water partition coefficient (Wildman–Crippen LogP) is 3.20. The number of allylic oxidation sites excluding steroid dienone is 1. The molecule has 172 valence electrons. The summed E-state index contributed by atoms with van der Waals surface area (Å²) >= 11 is 6.39. The van der Waals surface area contributed by atoms with Crippen molar-refractivity contribution in [3.8, 4) is 5.75 Å². The zero-order valence-electron chi connectivity index (χ0n) is 18.8. The van der Waals surface area contributed by atoms with E-state index in [0.717, 1.165) is 57.1 Å². The van der Waals surface area contributed by atoms with Gasteiger partial charge in [-0.3, -0.25) is 0 Å². The van der Waals surface area contributed by atoms with E-state index in [0.29, 0.717) is 30.0 Å². The van der Waals surface area contributed by atoms with Crippen LogP contribution >= 0.6 is 11.6 Å². The molecular weight excluding hydrogens is 428 g/mol. The lowest BCUT2D eigenvalue weighted by Crippen LogP contribution is -2.44. The number of rotatable bonds is 7. The molecule has 0 unspecified atom stereocenters. The Morgan fingerprint density at radius 1 is 1.16 bits per heavy atom. The molecule has 1 aromatic heterocycles. The number of morpholine rings is 1. The zero-order valence-corrected chi connectivity index (χ0v) is 19.6. The minimum Gasteiger partial charge on any atom is -0.494 e. The first-order chi connectivity index (χ1) is 15.6. The van der Waals surface area contributed by atoms with E-state index in [1.165, 1.54) is 11.3 Å². The third-order valence-corrected chi connectivity index (χ3v) is 6.16. The summed E-state index contributed by atoms with van der Waals surface area (Å²) < 4.78 is 11.2. The van der Waals surface area contributed by atoms with Crippen LogP contribution in [0.3, 0.4) is 0 Å². The predicted molar refractivity (Wildman–Crippen MR) is 130 cm³/mol. The van der Waals surface area contributed by atoms with E-state index in [-0.39, 0.29) is 0 Å². The van der Waals surface area contributed by atoms with Crippen LogP contribution in [0.5, 0.6) is 5.75 Å². The van der Waals surface area contributed by atoms with Gasteiger partial charge in [0, 0.05) is 51.0 Å². The molecular formula is C23H31ClN6O2. The maximum absolute atomic E-state index is 6.39. The second kappa shape index (κ2) is 10.4. The van der Waals surface area contributed by atoms with Crippen LogP contribution in [0.1, 0.15) is 5.56 Å². The van der Waals surface area contributed by atoms with Crippen molar-refractivity contribution >= 4 is 34.7 Å². The van der Waals surface area contributed by atoms with Gasteiger partial charge in [0.25, 0.3) is 0 Å². The highest BCUT2D eigenvalue weighted by Gasteiger charge is 2.21. The van der Waals surface area contributed by atoms with Gasteiger partial charge in [-0.15, -0.1) is 6.58 Å². The van der Waals surface area contributed by atoms with Crippen molar-refractivity contribution in [2.75, 3.05) is 81.8 Å². The van der Waals surface area contributed by atoms with E-state index in [4.69, 9.17) is 21.1 Å². The molecule has 0 bridgehead atoms. The number of nitrogens with one attached hydrogen (secondary N) is 1. The van der Waals surface area contributed by atoms with Crippen molar-refractivity contribution in [2.45, 2.75) is 6.42 Å². The van der Waals surface area contributed by atoms with Gasteiger partial charge in [0.2, 0.25) is 5.95 Å². The normalized spacial score (nSPS) is 17.3. The molecule has 3 heterocycles. The van der Waals surface area contributed by atoms with Gasteiger partial charge in [-0.05, 0) is 25.1 Å². The summed E-state index contributed by atoms with van der Waals surface area (Å²) in [5.74, 6) is 1.94. The standard InChI is InChI=1S/C23H31ClN6O2/c1-4-5-17-14-19(21(31-3)15-20(17)29-8-6-28(2)7-9-29)26-23-25-16-18(24)22(27-23)30-10-12-32-13-11-30/h4,14-16H,1,5-13H2,2-3H3,(H,25,26,27). The van der Waals surface area contributed by atoms with Crippen molar-refractivity contribution in [1.82, 2.24) is 14.9 Å². The first-order valence-electron chi connectivity index (χ1n) is 11.0. The van der Waals surface area contributed by atoms with Gasteiger partial charge in [0.05, 0.1) is 32.2 Å². The Bertz CT molecular complexity index is 942. The number of hydrogen-bond acceptors (Lipinski definition) is 8. The number of aromatic nitrogens is 2. The first-order valence-corrected chi connectivity index (χ1v) is 11.3. The van der Waals surface area contributed by atoms with E-state index in [1.807, 2.05) is 6.08 Å². The molecule has 0 atom stereocenters. The number of nitrogens with zero attached hydrogens (tertiary/aromatic N) is 5. The Labute approximate surface area is 194 Å². The van der Waals surface area contributed by atoms with Crippen molar-refractivity contribution in [3.63, 3.8) is 0 Å². The topological polar surface area (TPSA) is 66.0 Å². The Morgan fingerprint density at radius 2 is 1.91 bits per heavy atom. The van der Waals surface area contributed by atoms with Gasteiger partial charge in [-0.2, -0.15) is 4.98 Å². The summed E-state index contributed by atoms with van der Waals surface area (Å²) in [5.41, 5.74) is 3.19. The number of benzene rings is 1. The van der Waals surface area contributed by atoms with Crippen LogP contribution in [-0.2, 0) is 11.2 Å². The molecule has 32 heavy (non-hydrogen) atoms.